The average molecular weight is 492 g/mol. The molecule has 0 bridgehead atoms. The van der Waals surface area contributed by atoms with Crippen LogP contribution in [0, 0.1) is 12.7 Å². The summed E-state index contributed by atoms with van der Waals surface area (Å²) in [6, 6.07) is 6.84. The number of hydrogen-bond donors (Lipinski definition) is 3. The first-order chi connectivity index (χ1) is 17.5. The zero-order chi connectivity index (χ0) is 25.5. The van der Waals surface area contributed by atoms with E-state index in [0.29, 0.717) is 22.6 Å². The molecule has 0 unspecified atom stereocenters. The van der Waals surface area contributed by atoms with Gasteiger partial charge in [-0.1, -0.05) is 25.3 Å². The number of nitrogens with one attached hydrogen (secondary N) is 2. The number of hydrogen-bond acceptors (Lipinski definition) is 6. The number of aliphatic hydroxyl groups excluding tert-OH is 1. The van der Waals surface area contributed by atoms with Crippen molar-refractivity contribution in [3.63, 3.8) is 0 Å². The number of carbonyl (C=O) groups excluding carboxylic acids is 1. The summed E-state index contributed by atoms with van der Waals surface area (Å²) in [5.74, 6) is -0.878. The van der Waals surface area contributed by atoms with Crippen LogP contribution in [0.3, 0.4) is 0 Å². The second-order valence-electron chi connectivity index (χ2n) is 8.67. The van der Waals surface area contributed by atoms with Gasteiger partial charge in [-0.2, -0.15) is 10.2 Å². The molecule has 5 rings (SSSR count). The van der Waals surface area contributed by atoms with Gasteiger partial charge in [0.05, 0.1) is 23.6 Å². The zero-order valence-electron chi connectivity index (χ0n) is 20.4. The Morgan fingerprint density at radius 1 is 1.22 bits per heavy atom. The molecule has 1 aliphatic carbocycles. The molecular formula is C26H30FN7O2. The Labute approximate surface area is 208 Å². The molecule has 1 aliphatic rings. The van der Waals surface area contributed by atoms with Crippen LogP contribution in [-0.4, -0.2) is 47.6 Å². The maximum Gasteiger partial charge on any atom is 0.274 e. The van der Waals surface area contributed by atoms with Crippen LogP contribution in [0.2, 0.25) is 0 Å². The number of aromatic nitrogens is 6. The standard InChI is InChI=1S/C24H24FN7O.C2H6O/c1-15-10-18(25)22(26-11-15)23-21(14-32(31-23)17-6-3-2-4-7-17)30-24(33)20-9-5-8-19(29-20)16-12-27-28-13-16;1-2-3/h5,8-14,17H,2-4,6-7H2,1H3,(H,27,28)(H,30,33);3H,2H2,1H3. The number of anilines is 1. The summed E-state index contributed by atoms with van der Waals surface area (Å²) in [7, 11) is 0. The maximum absolute atomic E-state index is 14.8. The minimum absolute atomic E-state index is 0.116. The van der Waals surface area contributed by atoms with E-state index in [1.165, 1.54) is 12.5 Å². The molecule has 9 nitrogen and oxygen atoms in total. The normalized spacial score (nSPS) is 13.7. The van der Waals surface area contributed by atoms with Gasteiger partial charge in [0.1, 0.15) is 17.1 Å². The topological polar surface area (TPSA) is 122 Å². The molecule has 0 aliphatic heterocycles. The number of aryl methyl sites for hydroxylation is 1. The summed E-state index contributed by atoms with van der Waals surface area (Å²) >= 11 is 0. The van der Waals surface area contributed by atoms with Gasteiger partial charge in [0.25, 0.3) is 5.91 Å². The molecule has 0 saturated heterocycles. The Bertz CT molecular complexity index is 1300. The van der Waals surface area contributed by atoms with Crippen LogP contribution in [0.5, 0.6) is 0 Å². The molecule has 1 fully saturated rings. The third-order valence-corrected chi connectivity index (χ3v) is 5.91. The Balaban J connectivity index is 0.000000967. The monoisotopic (exact) mass is 491 g/mol. The minimum atomic E-state index is -0.473. The largest absolute Gasteiger partial charge is 0.397 e. The van der Waals surface area contributed by atoms with E-state index < -0.39 is 11.7 Å². The zero-order valence-corrected chi connectivity index (χ0v) is 20.4. The highest BCUT2D eigenvalue weighted by Gasteiger charge is 2.23. The lowest BCUT2D eigenvalue weighted by Gasteiger charge is -2.21. The van der Waals surface area contributed by atoms with Gasteiger partial charge >= 0.3 is 0 Å². The lowest BCUT2D eigenvalue weighted by atomic mass is 9.96. The van der Waals surface area contributed by atoms with E-state index in [4.69, 9.17) is 5.11 Å². The molecule has 0 radical (unpaired) electrons. The lowest BCUT2D eigenvalue weighted by Crippen LogP contribution is -2.14. The quantitative estimate of drug-likeness (QED) is 0.364. The van der Waals surface area contributed by atoms with Gasteiger partial charge < -0.3 is 10.4 Å². The number of carbonyl (C=O) groups is 1. The SMILES string of the molecule is CCO.Cc1cnc(-c2nn(C3CCCCC3)cc2NC(=O)c2cccc(-c3cn[nH]c3)n2)c(F)c1. The summed E-state index contributed by atoms with van der Waals surface area (Å²) in [5.41, 5.74) is 3.21. The van der Waals surface area contributed by atoms with E-state index in [2.05, 4.69) is 30.6 Å². The molecule has 0 aromatic carbocycles. The second kappa shape index (κ2) is 11.7. The van der Waals surface area contributed by atoms with Crippen LogP contribution < -0.4 is 5.32 Å². The average Bonchev–Trinajstić information content (AvgIpc) is 3.56. The third-order valence-electron chi connectivity index (χ3n) is 5.91. The summed E-state index contributed by atoms with van der Waals surface area (Å²) in [6.45, 7) is 3.71. The first-order valence-electron chi connectivity index (χ1n) is 12.1. The minimum Gasteiger partial charge on any atom is -0.397 e. The van der Waals surface area contributed by atoms with Gasteiger partial charge in [-0.25, -0.2) is 9.37 Å². The molecule has 3 N–H and O–H groups in total. The number of aromatic amines is 1. The lowest BCUT2D eigenvalue weighted by molar-refractivity contribution is 0.102. The van der Waals surface area contributed by atoms with E-state index in [0.717, 1.165) is 31.2 Å². The third kappa shape index (κ3) is 5.83. The first-order valence-corrected chi connectivity index (χ1v) is 12.1. The fourth-order valence-electron chi connectivity index (χ4n) is 4.20. The molecule has 4 aromatic heterocycles. The Hall–Kier alpha value is -3.92. The van der Waals surface area contributed by atoms with Gasteiger partial charge in [-0.15, -0.1) is 0 Å². The van der Waals surface area contributed by atoms with Crippen molar-refractivity contribution >= 4 is 11.6 Å². The summed E-state index contributed by atoms with van der Waals surface area (Å²) in [4.78, 5) is 21.8. The number of rotatable bonds is 5. The van der Waals surface area contributed by atoms with E-state index in [9.17, 15) is 9.18 Å². The summed E-state index contributed by atoms with van der Waals surface area (Å²) in [6.07, 6.45) is 12.2. The highest BCUT2D eigenvalue weighted by molar-refractivity contribution is 6.04. The highest BCUT2D eigenvalue weighted by Crippen LogP contribution is 2.33. The second-order valence-corrected chi connectivity index (χ2v) is 8.67. The molecule has 0 atom stereocenters. The van der Waals surface area contributed by atoms with E-state index in [1.54, 1.807) is 56.8 Å². The van der Waals surface area contributed by atoms with Crippen molar-refractivity contribution in [1.82, 2.24) is 29.9 Å². The fraction of sp³-hybridized carbons (Fsp3) is 0.346. The van der Waals surface area contributed by atoms with Crippen molar-refractivity contribution in [1.29, 1.82) is 0 Å². The van der Waals surface area contributed by atoms with Crippen molar-refractivity contribution in [3.05, 3.63) is 66.1 Å². The molecule has 1 saturated carbocycles. The van der Waals surface area contributed by atoms with Crippen LogP contribution in [-0.2, 0) is 0 Å². The summed E-state index contributed by atoms with van der Waals surface area (Å²) in [5, 5.41) is 21.8. The number of pyridine rings is 2. The highest BCUT2D eigenvalue weighted by atomic mass is 19.1. The van der Waals surface area contributed by atoms with Crippen molar-refractivity contribution in [3.8, 4) is 22.6 Å². The van der Waals surface area contributed by atoms with Gasteiger partial charge in [0.2, 0.25) is 0 Å². The smallest absolute Gasteiger partial charge is 0.274 e. The molecule has 188 valence electrons. The van der Waals surface area contributed by atoms with Crippen LogP contribution >= 0.6 is 0 Å². The molecule has 0 spiro atoms. The molecule has 4 heterocycles. The van der Waals surface area contributed by atoms with Crippen molar-refractivity contribution in [2.75, 3.05) is 11.9 Å². The van der Waals surface area contributed by atoms with Crippen molar-refractivity contribution in [2.45, 2.75) is 52.0 Å². The summed E-state index contributed by atoms with van der Waals surface area (Å²) < 4.78 is 16.6. The van der Waals surface area contributed by atoms with E-state index in [-0.39, 0.29) is 24.0 Å². The number of nitrogens with zero attached hydrogens (tertiary/aromatic N) is 5. The number of H-pyrrole nitrogens is 1. The van der Waals surface area contributed by atoms with Gasteiger partial charge in [-0.05, 0) is 50.5 Å². The molecular weight excluding hydrogens is 461 g/mol. The van der Waals surface area contributed by atoms with Crippen LogP contribution in [0.1, 0.15) is 61.1 Å². The van der Waals surface area contributed by atoms with E-state index in [1.807, 2.05) is 4.68 Å². The predicted octanol–water partition coefficient (Wildman–Crippen LogP) is 4.93. The van der Waals surface area contributed by atoms with Crippen LogP contribution in [0.25, 0.3) is 22.6 Å². The van der Waals surface area contributed by atoms with Gasteiger partial charge in [-0.3, -0.25) is 19.6 Å². The first kappa shape index (κ1) is 25.2. The molecule has 4 aromatic rings. The van der Waals surface area contributed by atoms with Crippen molar-refractivity contribution < 1.29 is 14.3 Å². The number of amides is 1. The molecule has 10 heteroatoms. The van der Waals surface area contributed by atoms with Crippen molar-refractivity contribution in [2.24, 2.45) is 0 Å². The Morgan fingerprint density at radius 2 is 2.00 bits per heavy atom. The number of halogens is 1. The number of aliphatic hydroxyl groups is 1. The van der Waals surface area contributed by atoms with Crippen LogP contribution in [0.4, 0.5) is 10.1 Å². The van der Waals surface area contributed by atoms with E-state index >= 15 is 0 Å². The molecule has 1 amide bonds. The fourth-order valence-corrected chi connectivity index (χ4v) is 4.20. The maximum atomic E-state index is 14.8. The van der Waals surface area contributed by atoms with Gasteiger partial charge in [0.15, 0.2) is 5.82 Å². The Kier molecular flexibility index (Phi) is 8.17. The van der Waals surface area contributed by atoms with Crippen LogP contribution in [0.15, 0.2) is 49.1 Å². The van der Waals surface area contributed by atoms with Gasteiger partial charge in [0, 0.05) is 30.8 Å². The molecule has 36 heavy (non-hydrogen) atoms. The Morgan fingerprint density at radius 3 is 2.69 bits per heavy atom. The predicted molar refractivity (Wildman–Crippen MR) is 135 cm³/mol.